The van der Waals surface area contributed by atoms with E-state index in [1.165, 1.54) is 0 Å². The number of carbonyl (C=O) groups is 3. The van der Waals surface area contributed by atoms with Crippen LogP contribution in [0.2, 0.25) is 10.0 Å². The first-order valence-corrected chi connectivity index (χ1v) is 13.5. The number of esters is 1. The molecule has 3 heterocycles. The third-order valence-electron chi connectivity index (χ3n) is 5.81. The lowest BCUT2D eigenvalue weighted by Crippen LogP contribution is -2.46. The Balaban J connectivity index is 1.53. The van der Waals surface area contributed by atoms with E-state index in [2.05, 4.69) is 26.2 Å². The SMILES string of the molecule is CC(C)(C)OC(=O)N[C@@H](CC(=O)O)C(=O)OC[C@H]1O[C@@H](n2c(Br)nc3cc(Cl)c(Cl)cc32)[C@@H]2OC(C)(C)O[C@@H]21. The Kier molecular flexibility index (Phi) is 8.42. The molecule has 2 aliphatic heterocycles. The van der Waals surface area contributed by atoms with Crippen molar-refractivity contribution in [3.63, 3.8) is 0 Å². The number of nitrogens with one attached hydrogen (secondary N) is 1. The van der Waals surface area contributed by atoms with E-state index in [0.717, 1.165) is 0 Å². The van der Waals surface area contributed by atoms with Crippen molar-refractivity contribution in [2.24, 2.45) is 0 Å². The smallest absolute Gasteiger partial charge is 0.408 e. The van der Waals surface area contributed by atoms with Gasteiger partial charge in [-0.05, 0) is 62.7 Å². The number of aliphatic carboxylic acids is 1. The molecule has 1 aromatic carbocycles. The van der Waals surface area contributed by atoms with Gasteiger partial charge in [-0.1, -0.05) is 23.2 Å². The first-order chi connectivity index (χ1) is 18.0. The number of alkyl carbamates (subject to hydrolysis) is 1. The highest BCUT2D eigenvalue weighted by molar-refractivity contribution is 9.10. The van der Waals surface area contributed by atoms with Crippen LogP contribution < -0.4 is 5.32 Å². The topological polar surface area (TPSA) is 147 Å². The normalized spacial score (nSPS) is 24.8. The van der Waals surface area contributed by atoms with Gasteiger partial charge in [-0.25, -0.2) is 14.6 Å². The number of aromatic nitrogens is 2. The predicted molar refractivity (Wildman–Crippen MR) is 142 cm³/mol. The lowest BCUT2D eigenvalue weighted by Gasteiger charge is -2.26. The fourth-order valence-electron chi connectivity index (χ4n) is 4.39. The zero-order valence-corrected chi connectivity index (χ0v) is 24.8. The lowest BCUT2D eigenvalue weighted by atomic mass is 10.1. The highest BCUT2D eigenvalue weighted by Crippen LogP contribution is 2.45. The third kappa shape index (κ3) is 6.77. The second-order valence-electron chi connectivity index (χ2n) is 10.6. The van der Waals surface area contributed by atoms with E-state index in [1.54, 1.807) is 51.3 Å². The molecule has 2 fully saturated rings. The van der Waals surface area contributed by atoms with Crippen molar-refractivity contribution in [2.75, 3.05) is 6.61 Å². The van der Waals surface area contributed by atoms with Crippen LogP contribution in [0.5, 0.6) is 0 Å². The Hall–Kier alpha value is -2.16. The molecule has 214 valence electrons. The molecule has 0 saturated carbocycles. The molecule has 2 N–H and O–H groups in total. The number of nitrogens with zero attached hydrogens (tertiary/aromatic N) is 2. The maximum Gasteiger partial charge on any atom is 0.408 e. The maximum atomic E-state index is 12.8. The van der Waals surface area contributed by atoms with Crippen LogP contribution in [-0.2, 0) is 33.3 Å². The number of amides is 1. The van der Waals surface area contributed by atoms with Gasteiger partial charge in [0.05, 0.1) is 27.5 Å². The van der Waals surface area contributed by atoms with E-state index in [9.17, 15) is 19.5 Å². The summed E-state index contributed by atoms with van der Waals surface area (Å²) < 4.78 is 31.1. The van der Waals surface area contributed by atoms with E-state index in [1.807, 2.05) is 0 Å². The van der Waals surface area contributed by atoms with Gasteiger partial charge in [-0.15, -0.1) is 0 Å². The van der Waals surface area contributed by atoms with Crippen molar-refractivity contribution in [1.82, 2.24) is 14.9 Å². The summed E-state index contributed by atoms with van der Waals surface area (Å²) in [5.41, 5.74) is 0.334. The molecule has 0 aliphatic carbocycles. The maximum absolute atomic E-state index is 12.8. The largest absolute Gasteiger partial charge is 0.481 e. The van der Waals surface area contributed by atoms with E-state index < -0.39 is 66.4 Å². The number of hydrogen-bond acceptors (Lipinski definition) is 9. The van der Waals surface area contributed by atoms with Crippen molar-refractivity contribution in [3.05, 3.63) is 26.9 Å². The quantitative estimate of drug-likeness (QED) is 0.412. The second kappa shape index (κ2) is 11.0. The van der Waals surface area contributed by atoms with Gasteiger partial charge in [-0.3, -0.25) is 9.36 Å². The van der Waals surface area contributed by atoms with Crippen LogP contribution in [0.4, 0.5) is 4.79 Å². The molecule has 39 heavy (non-hydrogen) atoms. The standard InChI is InChI=1S/C24H28BrCl2N3O9/c1-23(2,3)39-22(34)29-13(8-16(31)32)20(33)35-9-15-17-18(38-24(4,5)37-17)19(36-15)30-14-7-11(27)10(26)6-12(14)28-21(30)25/h6-7,13,15,17-19H,8-9H2,1-5H3,(H,29,34)(H,31,32)/t13-,15+,17+,18+,19+/m0/s1. The van der Waals surface area contributed by atoms with Gasteiger partial charge in [0, 0.05) is 0 Å². The summed E-state index contributed by atoms with van der Waals surface area (Å²) in [5, 5.41) is 12.2. The summed E-state index contributed by atoms with van der Waals surface area (Å²) in [4.78, 5) is 40.8. The molecular formula is C24H28BrCl2N3O9. The molecule has 2 saturated heterocycles. The highest BCUT2D eigenvalue weighted by Gasteiger charge is 2.56. The van der Waals surface area contributed by atoms with E-state index in [0.29, 0.717) is 25.8 Å². The van der Waals surface area contributed by atoms with Gasteiger partial charge >= 0.3 is 18.0 Å². The molecule has 1 amide bonds. The van der Waals surface area contributed by atoms with Gasteiger partial charge in [0.2, 0.25) is 0 Å². The molecule has 5 atom stereocenters. The average molecular weight is 653 g/mol. The molecule has 1 aromatic heterocycles. The number of carboxylic acids is 1. The molecule has 4 rings (SSSR count). The monoisotopic (exact) mass is 651 g/mol. The Morgan fingerprint density at radius 2 is 1.85 bits per heavy atom. The summed E-state index contributed by atoms with van der Waals surface area (Å²) >= 11 is 15.9. The molecular weight excluding hydrogens is 625 g/mol. The number of ether oxygens (including phenoxy) is 5. The molecule has 0 radical (unpaired) electrons. The Morgan fingerprint density at radius 3 is 2.49 bits per heavy atom. The molecule has 0 unspecified atom stereocenters. The van der Waals surface area contributed by atoms with E-state index >= 15 is 0 Å². The molecule has 2 aliphatic rings. The Bertz CT molecular complexity index is 1300. The van der Waals surface area contributed by atoms with Gasteiger partial charge in [0.25, 0.3) is 0 Å². The fourth-order valence-corrected chi connectivity index (χ4v) is 5.29. The number of halogens is 3. The van der Waals surface area contributed by atoms with Crippen LogP contribution in [0, 0.1) is 0 Å². The lowest BCUT2D eigenvalue weighted by molar-refractivity contribution is -0.202. The zero-order chi connectivity index (χ0) is 28.9. The molecule has 0 bridgehead atoms. The summed E-state index contributed by atoms with van der Waals surface area (Å²) in [6.45, 7) is 8.09. The van der Waals surface area contributed by atoms with Crippen LogP contribution in [-0.4, -0.2) is 75.0 Å². The number of carbonyl (C=O) groups excluding carboxylic acids is 2. The van der Waals surface area contributed by atoms with Crippen molar-refractivity contribution >= 4 is 68.2 Å². The van der Waals surface area contributed by atoms with Crippen molar-refractivity contribution in [1.29, 1.82) is 0 Å². The van der Waals surface area contributed by atoms with Crippen molar-refractivity contribution in [3.8, 4) is 0 Å². The van der Waals surface area contributed by atoms with Crippen LogP contribution in [0.3, 0.4) is 0 Å². The summed E-state index contributed by atoms with van der Waals surface area (Å²) in [6, 6.07) is 1.80. The zero-order valence-electron chi connectivity index (χ0n) is 21.7. The van der Waals surface area contributed by atoms with Crippen LogP contribution in [0.15, 0.2) is 16.9 Å². The minimum Gasteiger partial charge on any atom is -0.481 e. The van der Waals surface area contributed by atoms with Gasteiger partial charge in [-0.2, -0.15) is 0 Å². The highest BCUT2D eigenvalue weighted by atomic mass is 79.9. The fraction of sp³-hybridized carbons (Fsp3) is 0.583. The Labute approximate surface area is 242 Å². The number of benzene rings is 1. The van der Waals surface area contributed by atoms with Crippen molar-refractivity contribution in [2.45, 2.75) is 83.0 Å². The summed E-state index contributed by atoms with van der Waals surface area (Å²) in [6.07, 6.45) is -4.49. The predicted octanol–water partition coefficient (Wildman–Crippen LogP) is 4.43. The molecule has 15 heteroatoms. The van der Waals surface area contributed by atoms with E-state index in [4.69, 9.17) is 46.9 Å². The number of rotatable bonds is 7. The van der Waals surface area contributed by atoms with Crippen LogP contribution >= 0.6 is 39.1 Å². The average Bonchev–Trinajstić information content (AvgIpc) is 3.37. The van der Waals surface area contributed by atoms with Crippen LogP contribution in [0.1, 0.15) is 47.3 Å². The minimum atomic E-state index is -1.49. The van der Waals surface area contributed by atoms with E-state index in [-0.39, 0.29) is 6.61 Å². The number of carboxylic acid groups (broad SMARTS) is 1. The second-order valence-corrected chi connectivity index (χ2v) is 12.1. The number of imidazole rings is 1. The molecule has 12 nitrogen and oxygen atoms in total. The van der Waals surface area contributed by atoms with Gasteiger partial charge < -0.3 is 34.1 Å². The summed E-state index contributed by atoms with van der Waals surface area (Å²) in [5.74, 6) is -3.25. The molecule has 0 spiro atoms. The minimum absolute atomic E-state index is 0.307. The third-order valence-corrected chi connectivity index (χ3v) is 7.09. The Morgan fingerprint density at radius 1 is 1.21 bits per heavy atom. The first-order valence-electron chi connectivity index (χ1n) is 12.0. The number of hydrogen-bond donors (Lipinski definition) is 2. The van der Waals surface area contributed by atoms with Gasteiger partial charge in [0.1, 0.15) is 36.6 Å². The number of fused-ring (bicyclic) bond motifs is 2. The molecule has 2 aromatic rings. The first kappa shape index (κ1) is 29.8. The van der Waals surface area contributed by atoms with Gasteiger partial charge in [0.15, 0.2) is 16.7 Å². The van der Waals surface area contributed by atoms with Crippen molar-refractivity contribution < 1.29 is 43.2 Å². The summed E-state index contributed by atoms with van der Waals surface area (Å²) in [7, 11) is 0. The van der Waals surface area contributed by atoms with Crippen LogP contribution in [0.25, 0.3) is 11.0 Å².